The molecule has 5 nitrogen and oxygen atoms in total. The van der Waals surface area contributed by atoms with Crippen molar-refractivity contribution in [3.63, 3.8) is 0 Å². The van der Waals surface area contributed by atoms with Crippen LogP contribution in [0.4, 0.5) is 5.69 Å². The first kappa shape index (κ1) is 19.7. The van der Waals surface area contributed by atoms with Crippen molar-refractivity contribution >= 4 is 17.5 Å². The van der Waals surface area contributed by atoms with E-state index in [0.717, 1.165) is 11.1 Å². The lowest BCUT2D eigenvalue weighted by Gasteiger charge is -2.26. The predicted octanol–water partition coefficient (Wildman–Crippen LogP) is 3.26. The second kappa shape index (κ2) is 8.15. The molecule has 0 aliphatic rings. The van der Waals surface area contributed by atoms with E-state index in [1.165, 1.54) is 0 Å². The van der Waals surface area contributed by atoms with Crippen molar-refractivity contribution in [2.75, 3.05) is 5.32 Å². The maximum Gasteiger partial charge on any atom is 0.248 e. The minimum Gasteiger partial charge on any atom is -0.336 e. The number of amides is 2. The quantitative estimate of drug-likeness (QED) is 0.837. The number of anilines is 1. The van der Waals surface area contributed by atoms with Crippen LogP contribution in [-0.4, -0.2) is 22.8 Å². The molecule has 2 rings (SSSR count). The highest BCUT2D eigenvalue weighted by Crippen LogP contribution is 2.20. The molecule has 0 spiro atoms. The van der Waals surface area contributed by atoms with Crippen LogP contribution in [0.5, 0.6) is 0 Å². The van der Waals surface area contributed by atoms with E-state index in [9.17, 15) is 9.59 Å². The Morgan fingerprint density at radius 3 is 2.15 bits per heavy atom. The van der Waals surface area contributed by atoms with Crippen molar-refractivity contribution < 1.29 is 9.59 Å². The van der Waals surface area contributed by atoms with Crippen LogP contribution in [0.15, 0.2) is 54.6 Å². The molecule has 0 radical (unpaired) electrons. The van der Waals surface area contributed by atoms with Gasteiger partial charge >= 0.3 is 0 Å². The smallest absolute Gasteiger partial charge is 0.248 e. The summed E-state index contributed by atoms with van der Waals surface area (Å²) >= 11 is 0. The average molecular weight is 353 g/mol. The predicted molar refractivity (Wildman–Crippen MR) is 104 cm³/mol. The Hall–Kier alpha value is -2.66. The van der Waals surface area contributed by atoms with Crippen LogP contribution in [0.1, 0.15) is 38.8 Å². The van der Waals surface area contributed by atoms with Gasteiger partial charge in [-0.3, -0.25) is 9.59 Å². The van der Waals surface area contributed by atoms with Gasteiger partial charge in [-0.1, -0.05) is 42.5 Å². The minimum absolute atomic E-state index is 0.0409. The first-order valence-corrected chi connectivity index (χ1v) is 8.74. The first-order chi connectivity index (χ1) is 12.2. The average Bonchev–Trinajstić information content (AvgIpc) is 2.61. The largest absolute Gasteiger partial charge is 0.336 e. The lowest BCUT2D eigenvalue weighted by Crippen LogP contribution is -2.45. The van der Waals surface area contributed by atoms with Gasteiger partial charge in [0.1, 0.15) is 5.54 Å². The van der Waals surface area contributed by atoms with Gasteiger partial charge in [0.25, 0.3) is 0 Å². The van der Waals surface area contributed by atoms with Crippen LogP contribution in [0, 0.1) is 0 Å². The summed E-state index contributed by atoms with van der Waals surface area (Å²) in [6, 6.07) is 16.9. The molecule has 5 heteroatoms. The number of carbonyl (C=O) groups excluding carboxylic acids is 2. The first-order valence-electron chi connectivity index (χ1n) is 8.74. The summed E-state index contributed by atoms with van der Waals surface area (Å²) in [7, 11) is 0. The Bertz CT molecular complexity index is 753. The molecule has 2 amide bonds. The number of carbonyl (C=O) groups is 2. The van der Waals surface area contributed by atoms with Gasteiger partial charge in [0.15, 0.2) is 0 Å². The van der Waals surface area contributed by atoms with Gasteiger partial charge in [-0.2, -0.15) is 0 Å². The van der Waals surface area contributed by atoms with E-state index in [4.69, 9.17) is 5.73 Å². The molecule has 0 aliphatic carbocycles. The molecule has 0 fully saturated rings. The van der Waals surface area contributed by atoms with Crippen LogP contribution < -0.4 is 11.1 Å². The fourth-order valence-corrected chi connectivity index (χ4v) is 2.72. The molecule has 1 atom stereocenters. The van der Waals surface area contributed by atoms with Gasteiger partial charge < -0.3 is 16.0 Å². The van der Waals surface area contributed by atoms with E-state index in [1.807, 2.05) is 68.4 Å². The Labute approximate surface area is 155 Å². The van der Waals surface area contributed by atoms with Crippen molar-refractivity contribution in [3.8, 4) is 0 Å². The van der Waals surface area contributed by atoms with Crippen molar-refractivity contribution in [3.05, 3.63) is 65.7 Å². The third-order valence-electron chi connectivity index (χ3n) is 4.44. The van der Waals surface area contributed by atoms with Crippen LogP contribution in [0.2, 0.25) is 0 Å². The molecule has 0 bridgehead atoms. The van der Waals surface area contributed by atoms with Gasteiger partial charge in [0.05, 0.1) is 0 Å². The Morgan fingerprint density at radius 1 is 1.08 bits per heavy atom. The Morgan fingerprint density at radius 2 is 1.65 bits per heavy atom. The molecule has 26 heavy (non-hydrogen) atoms. The summed E-state index contributed by atoms with van der Waals surface area (Å²) in [6.45, 7) is 7.78. The van der Waals surface area contributed by atoms with Gasteiger partial charge in [-0.05, 0) is 44.0 Å². The molecule has 0 heterocycles. The number of hydrogen-bond donors (Lipinski definition) is 2. The number of nitrogens with one attached hydrogen (secondary N) is 1. The molecule has 2 aromatic carbocycles. The SMILES string of the molecule is CC(=O)N(Cc1ccc(NC(=O)C(C)(N)c2ccccc2)cc1)C(C)C. The van der Waals surface area contributed by atoms with E-state index in [1.54, 1.807) is 18.7 Å². The molecule has 3 N–H and O–H groups in total. The van der Waals surface area contributed by atoms with Crippen LogP contribution >= 0.6 is 0 Å². The summed E-state index contributed by atoms with van der Waals surface area (Å²) in [6.07, 6.45) is 0. The van der Waals surface area contributed by atoms with Gasteiger partial charge in [0, 0.05) is 25.2 Å². The molecule has 1 unspecified atom stereocenters. The summed E-state index contributed by atoms with van der Waals surface area (Å²) < 4.78 is 0. The van der Waals surface area contributed by atoms with E-state index >= 15 is 0 Å². The minimum atomic E-state index is -1.12. The third-order valence-corrected chi connectivity index (χ3v) is 4.44. The zero-order valence-electron chi connectivity index (χ0n) is 15.8. The summed E-state index contributed by atoms with van der Waals surface area (Å²) in [5.74, 6) is -0.233. The maximum absolute atomic E-state index is 12.6. The fraction of sp³-hybridized carbons (Fsp3) is 0.333. The number of benzene rings is 2. The van der Waals surface area contributed by atoms with E-state index < -0.39 is 5.54 Å². The monoisotopic (exact) mass is 353 g/mol. The van der Waals surface area contributed by atoms with Crippen LogP contribution in [0.25, 0.3) is 0 Å². The highest BCUT2D eigenvalue weighted by molar-refractivity contribution is 5.98. The molecular weight excluding hydrogens is 326 g/mol. The molecule has 0 aliphatic heterocycles. The van der Waals surface area contributed by atoms with Gasteiger partial charge in [-0.25, -0.2) is 0 Å². The Balaban J connectivity index is 2.07. The van der Waals surface area contributed by atoms with Crippen molar-refractivity contribution in [2.45, 2.75) is 45.8 Å². The van der Waals surface area contributed by atoms with Crippen molar-refractivity contribution in [1.29, 1.82) is 0 Å². The normalized spacial score (nSPS) is 13.2. The van der Waals surface area contributed by atoms with Gasteiger partial charge in [0.2, 0.25) is 11.8 Å². The number of nitrogens with zero attached hydrogens (tertiary/aromatic N) is 1. The maximum atomic E-state index is 12.6. The topological polar surface area (TPSA) is 75.4 Å². The molecule has 2 aromatic rings. The molecular formula is C21H27N3O2. The zero-order valence-corrected chi connectivity index (χ0v) is 15.8. The third kappa shape index (κ3) is 4.70. The number of nitrogens with two attached hydrogens (primary N) is 1. The van der Waals surface area contributed by atoms with E-state index in [0.29, 0.717) is 12.2 Å². The summed E-state index contributed by atoms with van der Waals surface area (Å²) in [5.41, 5.74) is 7.54. The highest BCUT2D eigenvalue weighted by Gasteiger charge is 2.30. The molecule has 0 saturated heterocycles. The van der Waals surface area contributed by atoms with Crippen LogP contribution in [0.3, 0.4) is 0 Å². The number of rotatable bonds is 6. The highest BCUT2D eigenvalue weighted by atomic mass is 16.2. The van der Waals surface area contributed by atoms with Crippen molar-refractivity contribution in [1.82, 2.24) is 4.90 Å². The molecule has 0 aromatic heterocycles. The molecule has 138 valence electrons. The second-order valence-electron chi connectivity index (χ2n) is 6.96. The van der Waals surface area contributed by atoms with Crippen LogP contribution in [-0.2, 0) is 21.7 Å². The van der Waals surface area contributed by atoms with E-state index in [-0.39, 0.29) is 17.9 Å². The molecule has 0 saturated carbocycles. The van der Waals surface area contributed by atoms with Crippen molar-refractivity contribution in [2.24, 2.45) is 5.73 Å². The summed E-state index contributed by atoms with van der Waals surface area (Å²) in [4.78, 5) is 26.1. The standard InChI is InChI=1S/C21H27N3O2/c1-15(2)24(16(3)25)14-17-10-12-19(13-11-17)23-20(26)21(4,22)18-8-6-5-7-9-18/h5-13,15H,14,22H2,1-4H3,(H,23,26). The Kier molecular flexibility index (Phi) is 6.16. The van der Waals surface area contributed by atoms with E-state index in [2.05, 4.69) is 5.32 Å². The lowest BCUT2D eigenvalue weighted by molar-refractivity contribution is -0.131. The van der Waals surface area contributed by atoms with Gasteiger partial charge in [-0.15, -0.1) is 0 Å². The number of hydrogen-bond acceptors (Lipinski definition) is 3. The zero-order chi connectivity index (χ0) is 19.3. The second-order valence-corrected chi connectivity index (χ2v) is 6.96. The lowest BCUT2D eigenvalue weighted by atomic mass is 9.92. The summed E-state index contributed by atoms with van der Waals surface area (Å²) in [5, 5.41) is 2.86. The fourth-order valence-electron chi connectivity index (χ4n) is 2.72.